The Morgan fingerprint density at radius 3 is 2.70 bits per heavy atom. The lowest BCUT2D eigenvalue weighted by Gasteiger charge is -2.31. The highest BCUT2D eigenvalue weighted by Crippen LogP contribution is 2.35. The number of hydrogen-bond donors (Lipinski definition) is 1. The van der Waals surface area contributed by atoms with Crippen LogP contribution in [-0.4, -0.2) is 24.7 Å². The number of para-hydroxylation sites is 2. The summed E-state index contributed by atoms with van der Waals surface area (Å²) in [4.78, 5) is 4.53. The van der Waals surface area contributed by atoms with Gasteiger partial charge in [0, 0.05) is 18.7 Å². The van der Waals surface area contributed by atoms with Crippen LogP contribution in [0.5, 0.6) is 11.5 Å². The second-order valence-electron chi connectivity index (χ2n) is 5.78. The van der Waals surface area contributed by atoms with Gasteiger partial charge in [0.15, 0.2) is 11.5 Å². The lowest BCUT2D eigenvalue weighted by molar-refractivity contribution is 0.107. The van der Waals surface area contributed by atoms with Crippen molar-refractivity contribution < 1.29 is 9.47 Å². The van der Waals surface area contributed by atoms with Crippen molar-refractivity contribution in [3.05, 3.63) is 54.4 Å². The fourth-order valence-corrected chi connectivity index (χ4v) is 3.04. The number of hydrogen-bond acceptors (Lipinski definition) is 4. The third kappa shape index (κ3) is 4.02. The molecule has 1 saturated heterocycles. The minimum atomic E-state index is -0.0643. The molecule has 0 amide bonds. The fourth-order valence-electron chi connectivity index (χ4n) is 3.04. The molecular formula is C19H24N2O2. The SMILES string of the molecule is CCOc1ccccc1O[C@H](c1ccccn1)[C@@H]1CCCNC1. The summed E-state index contributed by atoms with van der Waals surface area (Å²) in [7, 11) is 0. The van der Waals surface area contributed by atoms with Gasteiger partial charge in [-0.2, -0.15) is 0 Å². The summed E-state index contributed by atoms with van der Waals surface area (Å²) >= 11 is 0. The summed E-state index contributed by atoms with van der Waals surface area (Å²) in [5.41, 5.74) is 0.979. The minimum Gasteiger partial charge on any atom is -0.490 e. The zero-order valence-electron chi connectivity index (χ0n) is 13.6. The van der Waals surface area contributed by atoms with Crippen LogP contribution in [0.1, 0.15) is 31.6 Å². The van der Waals surface area contributed by atoms with Crippen LogP contribution in [0.3, 0.4) is 0 Å². The molecule has 23 heavy (non-hydrogen) atoms. The monoisotopic (exact) mass is 312 g/mol. The van der Waals surface area contributed by atoms with Crippen molar-refractivity contribution in [1.29, 1.82) is 0 Å². The smallest absolute Gasteiger partial charge is 0.162 e. The van der Waals surface area contributed by atoms with Crippen LogP contribution in [0.15, 0.2) is 48.7 Å². The molecule has 1 aromatic carbocycles. The van der Waals surface area contributed by atoms with Crippen LogP contribution >= 0.6 is 0 Å². The van der Waals surface area contributed by atoms with Gasteiger partial charge in [-0.15, -0.1) is 0 Å². The van der Waals surface area contributed by atoms with Crippen molar-refractivity contribution >= 4 is 0 Å². The molecule has 0 radical (unpaired) electrons. The van der Waals surface area contributed by atoms with Crippen molar-refractivity contribution in [2.45, 2.75) is 25.9 Å². The maximum Gasteiger partial charge on any atom is 0.162 e. The molecule has 1 aliphatic rings. The molecule has 0 bridgehead atoms. The normalized spacial score (nSPS) is 19.1. The summed E-state index contributed by atoms with van der Waals surface area (Å²) in [6.45, 7) is 4.65. The summed E-state index contributed by atoms with van der Waals surface area (Å²) in [5.74, 6) is 1.99. The quantitative estimate of drug-likeness (QED) is 0.885. The first-order valence-corrected chi connectivity index (χ1v) is 8.38. The standard InChI is InChI=1S/C19H24N2O2/c1-2-22-17-10-3-4-11-18(17)23-19(15-8-7-12-20-14-15)16-9-5-6-13-21-16/h3-6,9-11,13,15,19-20H,2,7-8,12,14H2,1H3/t15-,19+/m1/s1. The predicted octanol–water partition coefficient (Wildman–Crippen LogP) is 3.60. The molecule has 122 valence electrons. The highest BCUT2D eigenvalue weighted by Gasteiger charge is 2.28. The van der Waals surface area contributed by atoms with Gasteiger partial charge in [0.05, 0.1) is 12.3 Å². The lowest BCUT2D eigenvalue weighted by atomic mass is 9.91. The first kappa shape index (κ1) is 15.8. The summed E-state index contributed by atoms with van der Waals surface area (Å²) in [6, 6.07) is 13.9. The molecule has 3 rings (SSSR count). The Kier molecular flexibility index (Phi) is 5.48. The van der Waals surface area contributed by atoms with E-state index in [9.17, 15) is 0 Å². The number of rotatable bonds is 6. The van der Waals surface area contributed by atoms with Gasteiger partial charge >= 0.3 is 0 Å². The molecule has 2 heterocycles. The average molecular weight is 312 g/mol. The maximum atomic E-state index is 6.40. The van der Waals surface area contributed by atoms with Gasteiger partial charge in [-0.25, -0.2) is 0 Å². The first-order valence-electron chi connectivity index (χ1n) is 8.38. The lowest BCUT2D eigenvalue weighted by Crippen LogP contribution is -2.35. The molecule has 1 fully saturated rings. The second-order valence-corrected chi connectivity index (χ2v) is 5.78. The van der Waals surface area contributed by atoms with E-state index in [4.69, 9.17) is 9.47 Å². The molecule has 0 aliphatic carbocycles. The number of piperidine rings is 1. The van der Waals surface area contributed by atoms with Crippen molar-refractivity contribution in [3.63, 3.8) is 0 Å². The minimum absolute atomic E-state index is 0.0643. The van der Waals surface area contributed by atoms with Crippen molar-refractivity contribution in [2.75, 3.05) is 19.7 Å². The Balaban J connectivity index is 1.86. The maximum absolute atomic E-state index is 6.40. The zero-order chi connectivity index (χ0) is 15.9. The Labute approximate surface area is 137 Å². The van der Waals surface area contributed by atoms with Gasteiger partial charge in [0.2, 0.25) is 0 Å². The first-order chi connectivity index (χ1) is 11.4. The summed E-state index contributed by atoms with van der Waals surface area (Å²) in [5, 5.41) is 3.47. The molecule has 1 aliphatic heterocycles. The van der Waals surface area contributed by atoms with E-state index in [1.807, 2.05) is 55.6 Å². The topological polar surface area (TPSA) is 43.4 Å². The molecule has 0 spiro atoms. The van der Waals surface area contributed by atoms with E-state index in [0.29, 0.717) is 12.5 Å². The van der Waals surface area contributed by atoms with Gasteiger partial charge in [0.25, 0.3) is 0 Å². The van der Waals surface area contributed by atoms with E-state index < -0.39 is 0 Å². The summed E-state index contributed by atoms with van der Waals surface area (Å²) in [6.07, 6.45) is 4.08. The number of pyridine rings is 1. The number of benzene rings is 1. The van der Waals surface area contributed by atoms with Crippen molar-refractivity contribution in [3.8, 4) is 11.5 Å². The third-order valence-corrected chi connectivity index (χ3v) is 4.15. The predicted molar refractivity (Wildman–Crippen MR) is 90.8 cm³/mol. The van der Waals surface area contributed by atoms with Crippen LogP contribution in [-0.2, 0) is 0 Å². The molecule has 1 aromatic heterocycles. The Bertz CT molecular complexity index is 597. The van der Waals surface area contributed by atoms with E-state index in [0.717, 1.165) is 36.7 Å². The fraction of sp³-hybridized carbons (Fsp3) is 0.421. The van der Waals surface area contributed by atoms with E-state index in [1.165, 1.54) is 6.42 Å². The van der Waals surface area contributed by atoms with Crippen LogP contribution < -0.4 is 14.8 Å². The molecule has 2 atom stereocenters. The zero-order valence-corrected chi connectivity index (χ0v) is 13.6. The van der Waals surface area contributed by atoms with Crippen LogP contribution in [0.2, 0.25) is 0 Å². The van der Waals surface area contributed by atoms with E-state index >= 15 is 0 Å². The van der Waals surface area contributed by atoms with Gasteiger partial charge < -0.3 is 14.8 Å². The molecule has 2 aromatic rings. The average Bonchev–Trinajstić information content (AvgIpc) is 2.63. The summed E-state index contributed by atoms with van der Waals surface area (Å²) < 4.78 is 12.1. The molecule has 1 N–H and O–H groups in total. The molecule has 4 nitrogen and oxygen atoms in total. The Morgan fingerprint density at radius 2 is 2.00 bits per heavy atom. The van der Waals surface area contributed by atoms with E-state index in [2.05, 4.69) is 10.3 Å². The molecule has 0 unspecified atom stereocenters. The number of nitrogens with one attached hydrogen (secondary N) is 1. The van der Waals surface area contributed by atoms with E-state index in [1.54, 1.807) is 0 Å². The van der Waals surface area contributed by atoms with Crippen LogP contribution in [0, 0.1) is 5.92 Å². The van der Waals surface area contributed by atoms with Gasteiger partial charge in [-0.3, -0.25) is 4.98 Å². The van der Waals surface area contributed by atoms with E-state index in [-0.39, 0.29) is 6.10 Å². The molecule has 0 saturated carbocycles. The number of aromatic nitrogens is 1. The largest absolute Gasteiger partial charge is 0.490 e. The number of ether oxygens (including phenoxy) is 2. The van der Waals surface area contributed by atoms with Crippen LogP contribution in [0.4, 0.5) is 0 Å². The second kappa shape index (κ2) is 7.97. The molecule has 4 heteroatoms. The number of nitrogens with zero attached hydrogens (tertiary/aromatic N) is 1. The van der Waals surface area contributed by atoms with Crippen molar-refractivity contribution in [2.24, 2.45) is 5.92 Å². The van der Waals surface area contributed by atoms with Gasteiger partial charge in [-0.1, -0.05) is 18.2 Å². The van der Waals surface area contributed by atoms with Crippen molar-refractivity contribution in [1.82, 2.24) is 10.3 Å². The highest BCUT2D eigenvalue weighted by atomic mass is 16.5. The highest BCUT2D eigenvalue weighted by molar-refractivity contribution is 5.40. The third-order valence-electron chi connectivity index (χ3n) is 4.15. The Hall–Kier alpha value is -2.07. The molecular weight excluding hydrogens is 288 g/mol. The van der Waals surface area contributed by atoms with Gasteiger partial charge in [-0.05, 0) is 50.6 Å². The van der Waals surface area contributed by atoms with Gasteiger partial charge in [0.1, 0.15) is 6.10 Å². The van der Waals surface area contributed by atoms with Crippen LogP contribution in [0.25, 0.3) is 0 Å². The Morgan fingerprint density at radius 1 is 1.17 bits per heavy atom.